The Morgan fingerprint density at radius 1 is 0.640 bits per heavy atom. The maximum atomic E-state index is 13.2. The highest BCUT2D eigenvalue weighted by Gasteiger charge is 2.10. The minimum absolute atomic E-state index is 0.303. The molecule has 2 nitrogen and oxygen atoms in total. The van der Waals surface area contributed by atoms with Gasteiger partial charge in [-0.25, -0.2) is 13.6 Å². The summed E-state index contributed by atoms with van der Waals surface area (Å²) in [4.78, 5) is 11.9. The number of hydrogen-bond donors (Lipinski definition) is 0. The Bertz CT molecular complexity index is 1110. The lowest BCUT2D eigenvalue weighted by Crippen LogP contribution is -1.98. The summed E-state index contributed by atoms with van der Waals surface area (Å²) in [7, 11) is 0. The van der Waals surface area contributed by atoms with Crippen LogP contribution in [0.25, 0.3) is 33.2 Å². The largest absolute Gasteiger partial charge is 0.423 e. The van der Waals surface area contributed by atoms with E-state index in [2.05, 4.69) is 0 Å². The van der Waals surface area contributed by atoms with Gasteiger partial charge in [-0.1, -0.05) is 30.3 Å². The van der Waals surface area contributed by atoms with Crippen molar-refractivity contribution in [1.82, 2.24) is 0 Å². The standard InChI is InChI=1S/C21H12F2O2/c22-16-6-1-13(2-7-16)15-5-10-20-19(11-15)18(12-21(24)25-20)14-3-8-17(23)9-4-14/h1-12H. The Hall–Kier alpha value is -3.27. The van der Waals surface area contributed by atoms with Crippen LogP contribution < -0.4 is 5.63 Å². The SMILES string of the molecule is O=c1cc(-c2ccc(F)cc2)c2cc(-c3ccc(F)cc3)ccc2o1. The molecule has 0 aliphatic heterocycles. The molecule has 0 aliphatic carbocycles. The third-order valence-electron chi connectivity index (χ3n) is 4.08. The minimum Gasteiger partial charge on any atom is -0.423 e. The molecular formula is C21H12F2O2. The molecule has 1 aromatic heterocycles. The molecule has 0 radical (unpaired) electrons. The van der Waals surface area contributed by atoms with Crippen LogP contribution in [0, 0.1) is 11.6 Å². The van der Waals surface area contributed by atoms with Gasteiger partial charge in [-0.15, -0.1) is 0 Å². The molecule has 0 spiro atoms. The van der Waals surface area contributed by atoms with Crippen LogP contribution in [0.4, 0.5) is 8.78 Å². The van der Waals surface area contributed by atoms with Crippen LogP contribution in [0.5, 0.6) is 0 Å². The van der Waals surface area contributed by atoms with E-state index in [1.807, 2.05) is 12.1 Å². The Morgan fingerprint density at radius 3 is 1.84 bits per heavy atom. The van der Waals surface area contributed by atoms with E-state index in [9.17, 15) is 13.6 Å². The zero-order valence-corrected chi connectivity index (χ0v) is 13.0. The fourth-order valence-corrected chi connectivity index (χ4v) is 2.85. The zero-order chi connectivity index (χ0) is 17.4. The van der Waals surface area contributed by atoms with E-state index in [0.717, 1.165) is 22.1 Å². The number of halogens is 2. The summed E-state index contributed by atoms with van der Waals surface area (Å²) in [5.74, 6) is -0.648. The van der Waals surface area contributed by atoms with E-state index in [1.54, 1.807) is 30.3 Å². The highest BCUT2D eigenvalue weighted by atomic mass is 19.1. The van der Waals surface area contributed by atoms with Gasteiger partial charge in [-0.3, -0.25) is 0 Å². The maximum Gasteiger partial charge on any atom is 0.336 e. The van der Waals surface area contributed by atoms with Gasteiger partial charge in [-0.05, 0) is 58.7 Å². The third kappa shape index (κ3) is 2.94. The van der Waals surface area contributed by atoms with Gasteiger partial charge in [0, 0.05) is 11.5 Å². The first-order chi connectivity index (χ1) is 12.1. The van der Waals surface area contributed by atoms with E-state index < -0.39 is 5.63 Å². The summed E-state index contributed by atoms with van der Waals surface area (Å²) in [5.41, 5.74) is 3.06. The third-order valence-corrected chi connectivity index (χ3v) is 4.08. The summed E-state index contributed by atoms with van der Waals surface area (Å²) in [5, 5.41) is 0.730. The van der Waals surface area contributed by atoms with Gasteiger partial charge in [0.2, 0.25) is 0 Å². The summed E-state index contributed by atoms with van der Waals surface area (Å²) in [6.45, 7) is 0. The predicted octanol–water partition coefficient (Wildman–Crippen LogP) is 5.41. The van der Waals surface area contributed by atoms with Crippen LogP contribution >= 0.6 is 0 Å². The quantitative estimate of drug-likeness (QED) is 0.459. The summed E-state index contributed by atoms with van der Waals surface area (Å²) in [6, 6.07) is 18.9. The predicted molar refractivity (Wildman–Crippen MR) is 93.3 cm³/mol. The molecule has 0 saturated carbocycles. The Kier molecular flexibility index (Phi) is 3.65. The van der Waals surface area contributed by atoms with Crippen LogP contribution in [0.2, 0.25) is 0 Å². The van der Waals surface area contributed by atoms with Crippen molar-refractivity contribution < 1.29 is 13.2 Å². The molecule has 0 unspecified atom stereocenters. The van der Waals surface area contributed by atoms with Crippen molar-refractivity contribution in [3.05, 3.63) is 94.9 Å². The lowest BCUT2D eigenvalue weighted by Gasteiger charge is -2.08. The monoisotopic (exact) mass is 334 g/mol. The van der Waals surface area contributed by atoms with Crippen molar-refractivity contribution in [3.8, 4) is 22.3 Å². The molecule has 0 amide bonds. The van der Waals surface area contributed by atoms with Crippen molar-refractivity contribution in [2.45, 2.75) is 0 Å². The maximum absolute atomic E-state index is 13.2. The smallest absolute Gasteiger partial charge is 0.336 e. The van der Waals surface area contributed by atoms with E-state index in [-0.39, 0.29) is 11.6 Å². The summed E-state index contributed by atoms with van der Waals surface area (Å²) >= 11 is 0. The lowest BCUT2D eigenvalue weighted by atomic mass is 9.98. The second-order valence-electron chi connectivity index (χ2n) is 5.70. The topological polar surface area (TPSA) is 30.2 Å². The Balaban J connectivity index is 1.95. The van der Waals surface area contributed by atoms with Gasteiger partial charge in [0.1, 0.15) is 17.2 Å². The van der Waals surface area contributed by atoms with Crippen LogP contribution in [0.15, 0.2) is 82.0 Å². The van der Waals surface area contributed by atoms with Gasteiger partial charge in [-0.2, -0.15) is 0 Å². The second-order valence-corrected chi connectivity index (χ2v) is 5.70. The first-order valence-corrected chi connectivity index (χ1v) is 7.70. The average Bonchev–Trinajstić information content (AvgIpc) is 2.62. The van der Waals surface area contributed by atoms with E-state index in [0.29, 0.717) is 11.1 Å². The average molecular weight is 334 g/mol. The number of benzene rings is 3. The molecule has 0 saturated heterocycles. The normalized spacial score (nSPS) is 11.0. The molecule has 0 fully saturated rings. The number of rotatable bonds is 2. The first kappa shape index (κ1) is 15.3. The fourth-order valence-electron chi connectivity index (χ4n) is 2.85. The van der Waals surface area contributed by atoms with Gasteiger partial charge in [0.25, 0.3) is 0 Å². The van der Waals surface area contributed by atoms with Gasteiger partial charge in [0.05, 0.1) is 0 Å². The van der Waals surface area contributed by atoms with E-state index in [4.69, 9.17) is 4.42 Å². The minimum atomic E-state index is -0.471. The van der Waals surface area contributed by atoms with Crippen molar-refractivity contribution in [1.29, 1.82) is 0 Å². The molecule has 4 rings (SSSR count). The Labute approximate surface area is 142 Å². The molecule has 3 aromatic carbocycles. The molecule has 4 heteroatoms. The summed E-state index contributed by atoms with van der Waals surface area (Å²) in [6.07, 6.45) is 0. The molecule has 0 aliphatic rings. The molecule has 25 heavy (non-hydrogen) atoms. The van der Waals surface area contributed by atoms with E-state index >= 15 is 0 Å². The molecular weight excluding hydrogens is 322 g/mol. The molecule has 4 aromatic rings. The van der Waals surface area contributed by atoms with Crippen LogP contribution in [0.3, 0.4) is 0 Å². The molecule has 0 atom stereocenters. The number of hydrogen-bond acceptors (Lipinski definition) is 2. The van der Waals surface area contributed by atoms with Gasteiger partial charge >= 0.3 is 5.63 Å². The van der Waals surface area contributed by atoms with E-state index in [1.165, 1.54) is 30.3 Å². The van der Waals surface area contributed by atoms with Gasteiger partial charge in [0.15, 0.2) is 0 Å². The second kappa shape index (κ2) is 5.98. The molecule has 1 heterocycles. The summed E-state index contributed by atoms with van der Waals surface area (Å²) < 4.78 is 31.6. The van der Waals surface area contributed by atoms with Crippen molar-refractivity contribution in [3.63, 3.8) is 0 Å². The van der Waals surface area contributed by atoms with Crippen LogP contribution in [0.1, 0.15) is 0 Å². The zero-order valence-electron chi connectivity index (χ0n) is 13.0. The molecule has 122 valence electrons. The highest BCUT2D eigenvalue weighted by molar-refractivity contribution is 5.95. The van der Waals surface area contributed by atoms with Gasteiger partial charge < -0.3 is 4.42 Å². The van der Waals surface area contributed by atoms with Crippen LogP contribution in [-0.2, 0) is 0 Å². The van der Waals surface area contributed by atoms with Crippen molar-refractivity contribution >= 4 is 11.0 Å². The van der Waals surface area contributed by atoms with Crippen molar-refractivity contribution in [2.24, 2.45) is 0 Å². The molecule has 0 bridgehead atoms. The molecule has 0 N–H and O–H groups in total. The number of fused-ring (bicyclic) bond motifs is 1. The fraction of sp³-hybridized carbons (Fsp3) is 0. The Morgan fingerprint density at radius 2 is 1.20 bits per heavy atom. The van der Waals surface area contributed by atoms with Crippen LogP contribution in [-0.4, -0.2) is 0 Å². The lowest BCUT2D eigenvalue weighted by molar-refractivity contribution is 0.561. The highest BCUT2D eigenvalue weighted by Crippen LogP contribution is 2.31. The van der Waals surface area contributed by atoms with Crippen molar-refractivity contribution in [2.75, 3.05) is 0 Å². The first-order valence-electron chi connectivity index (χ1n) is 7.70.